The summed E-state index contributed by atoms with van der Waals surface area (Å²) in [5, 5.41) is 3.58. The minimum Gasteiger partial charge on any atom is -0.503 e. The quantitative estimate of drug-likeness (QED) is 0.246. The molecule has 0 radical (unpaired) electrons. The number of hydrogen-bond donors (Lipinski definition) is 2. The highest BCUT2D eigenvalue weighted by molar-refractivity contribution is 7.87. The number of carbonyl (C=O) groups is 1. The Morgan fingerprint density at radius 1 is 0.893 bits per heavy atom. The minimum atomic E-state index is -6.10. The van der Waals surface area contributed by atoms with Crippen LogP contribution in [0.5, 0.6) is 23.0 Å². The fourth-order valence-corrected chi connectivity index (χ4v) is 1.91. The molecule has 0 saturated carbocycles. The number of rotatable bonds is 5. The van der Waals surface area contributed by atoms with E-state index >= 15 is 0 Å². The zero-order valence-corrected chi connectivity index (χ0v) is 13.7. The number of ether oxygens (including phenoxy) is 2. The smallest absolute Gasteiger partial charge is 0.466 e. The number of hydrogen-bond acceptors (Lipinski definition) is 6. The van der Waals surface area contributed by atoms with Crippen LogP contribution in [0.4, 0.5) is 26.3 Å². The summed E-state index contributed by atoms with van der Waals surface area (Å²) in [6.07, 6.45) is 0. The van der Waals surface area contributed by atoms with E-state index in [-0.39, 0.29) is 0 Å². The van der Waals surface area contributed by atoms with Gasteiger partial charge in [-0.25, -0.2) is 4.79 Å². The molecule has 0 bridgehead atoms. The molecule has 0 spiro atoms. The first-order valence-electron chi connectivity index (χ1n) is 6.67. The normalized spacial score (nSPS) is 12.0. The van der Waals surface area contributed by atoms with Crippen molar-refractivity contribution in [2.75, 3.05) is 0 Å². The van der Waals surface area contributed by atoms with Gasteiger partial charge in [-0.2, -0.15) is 34.8 Å². The van der Waals surface area contributed by atoms with Crippen LogP contribution in [0.2, 0.25) is 0 Å². The molecule has 7 nitrogen and oxygen atoms in total. The topological polar surface area (TPSA) is 110 Å². The van der Waals surface area contributed by atoms with E-state index in [0.717, 1.165) is 12.1 Å². The Morgan fingerprint density at radius 3 is 1.75 bits per heavy atom. The third-order valence-corrected chi connectivity index (χ3v) is 3.83. The molecule has 0 fully saturated rings. The lowest BCUT2D eigenvalue weighted by Crippen LogP contribution is -2.40. The van der Waals surface area contributed by atoms with Crippen molar-refractivity contribution in [2.45, 2.75) is 5.25 Å². The Bertz CT molecular complexity index is 1010. The Labute approximate surface area is 151 Å². The summed E-state index contributed by atoms with van der Waals surface area (Å²) in [7, 11) is -6.10. The van der Waals surface area contributed by atoms with Crippen LogP contribution in [0.25, 0.3) is 0 Å². The number of aromatic hydroxyl groups is 1. The van der Waals surface area contributed by atoms with Gasteiger partial charge >= 0.3 is 21.3 Å². The van der Waals surface area contributed by atoms with Crippen LogP contribution in [0.1, 0.15) is 0 Å². The van der Waals surface area contributed by atoms with Crippen molar-refractivity contribution < 1.29 is 58.7 Å². The third kappa shape index (κ3) is 3.82. The molecule has 2 N–H and O–H groups in total. The molecule has 0 atom stereocenters. The molecule has 0 aliphatic carbocycles. The second kappa shape index (κ2) is 7.20. The maximum atomic E-state index is 13.6. The first-order valence-corrected chi connectivity index (χ1v) is 8.11. The van der Waals surface area contributed by atoms with Gasteiger partial charge in [0.15, 0.2) is 5.75 Å². The summed E-state index contributed by atoms with van der Waals surface area (Å²) in [5.41, 5.74) is 0. The Hall–Kier alpha value is -3.00. The number of esters is 1. The molecule has 152 valence electrons. The van der Waals surface area contributed by atoms with E-state index in [0.29, 0.717) is 12.1 Å². The number of alkyl halides is 2. The molecule has 0 aliphatic rings. The Balaban J connectivity index is 2.25. The van der Waals surface area contributed by atoms with Gasteiger partial charge in [0.1, 0.15) is 11.5 Å². The van der Waals surface area contributed by atoms with Gasteiger partial charge in [-0.05, 0) is 24.3 Å². The summed E-state index contributed by atoms with van der Waals surface area (Å²) in [4.78, 5) is 11.1. The molecule has 0 amide bonds. The maximum absolute atomic E-state index is 13.6. The van der Waals surface area contributed by atoms with Gasteiger partial charge in [-0.15, -0.1) is 0 Å². The number of phenols is 1. The largest absolute Gasteiger partial charge is 0.503 e. The van der Waals surface area contributed by atoms with Crippen LogP contribution < -0.4 is 9.47 Å². The van der Waals surface area contributed by atoms with Crippen molar-refractivity contribution in [3.8, 4) is 23.0 Å². The van der Waals surface area contributed by atoms with Crippen LogP contribution in [0, 0.1) is 23.3 Å². The molecule has 28 heavy (non-hydrogen) atoms. The lowest BCUT2D eigenvalue weighted by Gasteiger charge is -2.13. The van der Waals surface area contributed by atoms with Gasteiger partial charge < -0.3 is 14.6 Å². The summed E-state index contributed by atoms with van der Waals surface area (Å²) in [6, 6.07) is 2.87. The van der Waals surface area contributed by atoms with Crippen LogP contribution in [-0.4, -0.2) is 29.3 Å². The lowest BCUT2D eigenvalue weighted by molar-refractivity contribution is -0.151. The number of phenolic OH excluding ortho intramolecular Hbond substituents is 1. The number of benzene rings is 2. The first kappa shape index (κ1) is 21.3. The second-order valence-electron chi connectivity index (χ2n) is 4.89. The molecule has 2 aromatic carbocycles. The van der Waals surface area contributed by atoms with Crippen molar-refractivity contribution in [3.05, 3.63) is 47.5 Å². The number of carbonyl (C=O) groups excluding carboxylic acids is 1. The van der Waals surface area contributed by atoms with E-state index in [9.17, 15) is 39.6 Å². The molecule has 14 heteroatoms. The monoisotopic (exact) mass is 432 g/mol. The van der Waals surface area contributed by atoms with E-state index in [1.807, 2.05) is 0 Å². The van der Waals surface area contributed by atoms with Gasteiger partial charge in [0.25, 0.3) is 0 Å². The summed E-state index contributed by atoms with van der Waals surface area (Å²) in [5.74, 6) is -15.8. The van der Waals surface area contributed by atoms with E-state index in [1.54, 1.807) is 0 Å². The van der Waals surface area contributed by atoms with Gasteiger partial charge in [-0.1, -0.05) is 0 Å². The predicted octanol–water partition coefficient (Wildman–Crippen LogP) is 3.13. The van der Waals surface area contributed by atoms with Crippen molar-refractivity contribution in [1.82, 2.24) is 0 Å². The highest BCUT2D eigenvalue weighted by Gasteiger charge is 2.54. The second-order valence-corrected chi connectivity index (χ2v) is 6.35. The van der Waals surface area contributed by atoms with Crippen LogP contribution >= 0.6 is 0 Å². The van der Waals surface area contributed by atoms with E-state index in [1.165, 1.54) is 0 Å². The van der Waals surface area contributed by atoms with Crippen molar-refractivity contribution in [3.63, 3.8) is 0 Å². The summed E-state index contributed by atoms with van der Waals surface area (Å²) < 4.78 is 117. The van der Waals surface area contributed by atoms with E-state index in [4.69, 9.17) is 9.66 Å². The minimum absolute atomic E-state index is 0.524. The maximum Gasteiger partial charge on any atom is 0.466 e. The fraction of sp³-hybridized carbons (Fsp3) is 0.0714. The van der Waals surface area contributed by atoms with Crippen molar-refractivity contribution >= 4 is 16.1 Å². The first-order chi connectivity index (χ1) is 12.8. The van der Waals surface area contributed by atoms with Crippen LogP contribution in [-0.2, 0) is 14.9 Å². The van der Waals surface area contributed by atoms with Gasteiger partial charge in [0.05, 0.1) is 0 Å². The zero-order chi connectivity index (χ0) is 21.4. The average molecular weight is 432 g/mol. The zero-order valence-electron chi connectivity index (χ0n) is 12.9. The van der Waals surface area contributed by atoms with Crippen LogP contribution in [0.15, 0.2) is 24.3 Å². The molecular formula is C14H6F6O7S. The standard InChI is InChI=1S/C14H6F6O7S/c15-7-9(17)12(10(18)8(16)11(7)21)26-5-1-3-6(4-2-5)27-13(22)14(19,20)28(23,24)25/h1-4,21H,(H,23,24,25). The lowest BCUT2D eigenvalue weighted by atomic mass is 10.2. The molecule has 2 rings (SSSR count). The van der Waals surface area contributed by atoms with Crippen LogP contribution in [0.3, 0.4) is 0 Å². The SMILES string of the molecule is O=C(Oc1ccc(Oc2c(F)c(F)c(O)c(F)c2F)cc1)C(F)(F)S(=O)(=O)O. The summed E-state index contributed by atoms with van der Waals surface area (Å²) in [6.45, 7) is 0. The molecule has 0 aromatic heterocycles. The predicted molar refractivity (Wildman–Crippen MR) is 76.6 cm³/mol. The molecule has 0 heterocycles. The van der Waals surface area contributed by atoms with Crippen molar-refractivity contribution in [2.24, 2.45) is 0 Å². The molecule has 2 aromatic rings. The Morgan fingerprint density at radius 2 is 1.32 bits per heavy atom. The fourth-order valence-electron chi connectivity index (χ4n) is 1.65. The molecule has 0 aliphatic heterocycles. The van der Waals surface area contributed by atoms with Gasteiger partial charge in [-0.3, -0.25) is 4.55 Å². The average Bonchev–Trinajstić information content (AvgIpc) is 2.62. The summed E-state index contributed by atoms with van der Waals surface area (Å²) >= 11 is 0. The molecular weight excluding hydrogens is 426 g/mol. The highest BCUT2D eigenvalue weighted by Crippen LogP contribution is 2.36. The van der Waals surface area contributed by atoms with Crippen molar-refractivity contribution in [1.29, 1.82) is 0 Å². The number of halogens is 6. The third-order valence-electron chi connectivity index (χ3n) is 3.02. The molecule has 0 saturated heterocycles. The van der Waals surface area contributed by atoms with Gasteiger partial charge in [0, 0.05) is 0 Å². The van der Waals surface area contributed by atoms with Gasteiger partial charge in [0.2, 0.25) is 29.0 Å². The Kier molecular flexibility index (Phi) is 5.48. The highest BCUT2D eigenvalue weighted by atomic mass is 32.2. The van der Waals surface area contributed by atoms with E-state index < -0.39 is 67.6 Å². The molecule has 0 unspecified atom stereocenters. The van der Waals surface area contributed by atoms with E-state index in [2.05, 4.69) is 9.47 Å².